The van der Waals surface area contributed by atoms with Gasteiger partial charge in [-0.15, -0.1) is 0 Å². The third-order valence-corrected chi connectivity index (χ3v) is 5.91. The molecule has 1 aliphatic rings. The average Bonchev–Trinajstić information content (AvgIpc) is 2.84. The summed E-state index contributed by atoms with van der Waals surface area (Å²) >= 11 is 0. The molecule has 0 bridgehead atoms. The Labute approximate surface area is 188 Å². The van der Waals surface area contributed by atoms with Crippen LogP contribution in [-0.2, 0) is 17.8 Å². The van der Waals surface area contributed by atoms with Crippen LogP contribution >= 0.6 is 0 Å². The molecule has 32 heavy (non-hydrogen) atoms. The molecular formula is C26H28N4O2. The maximum absolute atomic E-state index is 12.9. The number of aromatic nitrogens is 2. The molecule has 2 heterocycles. The Morgan fingerprint density at radius 2 is 1.59 bits per heavy atom. The number of hydrogen-bond donors (Lipinski definition) is 1. The van der Waals surface area contributed by atoms with E-state index in [1.165, 1.54) is 0 Å². The van der Waals surface area contributed by atoms with Crippen molar-refractivity contribution < 1.29 is 9.59 Å². The van der Waals surface area contributed by atoms with Crippen molar-refractivity contribution in [2.45, 2.75) is 38.6 Å². The zero-order valence-corrected chi connectivity index (χ0v) is 18.3. The van der Waals surface area contributed by atoms with Crippen LogP contribution in [0.25, 0.3) is 0 Å². The van der Waals surface area contributed by atoms with E-state index in [-0.39, 0.29) is 17.7 Å². The average molecular weight is 429 g/mol. The number of piperidine rings is 1. The third-order valence-electron chi connectivity index (χ3n) is 5.91. The highest BCUT2D eigenvalue weighted by Gasteiger charge is 2.28. The fraction of sp³-hybridized carbons (Fsp3) is 0.308. The molecule has 1 aliphatic heterocycles. The molecule has 6 heteroatoms. The lowest BCUT2D eigenvalue weighted by Crippen LogP contribution is -2.39. The van der Waals surface area contributed by atoms with Gasteiger partial charge in [-0.1, -0.05) is 60.7 Å². The molecule has 2 amide bonds. The molecule has 0 aliphatic carbocycles. The largest absolute Gasteiger partial charge is 0.348 e. The normalized spacial score (nSPS) is 14.2. The van der Waals surface area contributed by atoms with Crippen LogP contribution in [0.2, 0.25) is 0 Å². The van der Waals surface area contributed by atoms with Gasteiger partial charge in [0.25, 0.3) is 5.91 Å². The monoisotopic (exact) mass is 428 g/mol. The Balaban J connectivity index is 1.40. The van der Waals surface area contributed by atoms with Gasteiger partial charge in [0.1, 0.15) is 5.82 Å². The third kappa shape index (κ3) is 5.38. The Kier molecular flexibility index (Phi) is 6.90. The summed E-state index contributed by atoms with van der Waals surface area (Å²) in [6, 6.07) is 19.6. The van der Waals surface area contributed by atoms with Crippen molar-refractivity contribution in [2.75, 3.05) is 13.1 Å². The molecule has 0 unspecified atom stereocenters. The van der Waals surface area contributed by atoms with E-state index in [2.05, 4.69) is 15.3 Å². The van der Waals surface area contributed by atoms with Crippen LogP contribution in [0.5, 0.6) is 0 Å². The van der Waals surface area contributed by atoms with Crippen LogP contribution in [0.15, 0.2) is 66.9 Å². The Morgan fingerprint density at radius 3 is 2.25 bits per heavy atom. The van der Waals surface area contributed by atoms with Crippen LogP contribution in [0, 0.1) is 6.92 Å². The number of aryl methyl sites for hydroxylation is 1. The number of hydrogen-bond acceptors (Lipinski definition) is 4. The summed E-state index contributed by atoms with van der Waals surface area (Å²) in [6.07, 6.45) is 3.63. The highest BCUT2D eigenvalue weighted by atomic mass is 16.2. The minimum Gasteiger partial charge on any atom is -0.348 e. The van der Waals surface area contributed by atoms with Crippen molar-refractivity contribution in [1.29, 1.82) is 0 Å². The first-order valence-corrected chi connectivity index (χ1v) is 11.1. The molecule has 1 aromatic heterocycles. The molecule has 1 saturated heterocycles. The molecule has 0 saturated carbocycles. The van der Waals surface area contributed by atoms with Gasteiger partial charge >= 0.3 is 0 Å². The van der Waals surface area contributed by atoms with Gasteiger partial charge in [-0.25, -0.2) is 9.97 Å². The number of rotatable bonds is 6. The van der Waals surface area contributed by atoms with Crippen LogP contribution in [0.3, 0.4) is 0 Å². The number of nitrogens with zero attached hydrogens (tertiary/aromatic N) is 3. The van der Waals surface area contributed by atoms with E-state index in [0.717, 1.165) is 29.7 Å². The summed E-state index contributed by atoms with van der Waals surface area (Å²) in [5.74, 6) is 0.776. The molecule has 6 nitrogen and oxygen atoms in total. The maximum atomic E-state index is 12.9. The molecule has 4 rings (SSSR count). The number of amides is 2. The van der Waals surface area contributed by atoms with Crippen molar-refractivity contribution >= 4 is 11.8 Å². The van der Waals surface area contributed by atoms with Crippen molar-refractivity contribution in [1.82, 2.24) is 20.2 Å². The number of benzene rings is 2. The van der Waals surface area contributed by atoms with E-state index in [9.17, 15) is 9.59 Å². The molecule has 1 fully saturated rings. The highest BCUT2D eigenvalue weighted by Crippen LogP contribution is 2.29. The smallest absolute Gasteiger partial charge is 0.254 e. The van der Waals surface area contributed by atoms with Crippen LogP contribution < -0.4 is 5.32 Å². The van der Waals surface area contributed by atoms with Gasteiger partial charge in [-0.05, 0) is 30.9 Å². The Bertz CT molecular complexity index is 1060. The molecule has 0 spiro atoms. The second-order valence-electron chi connectivity index (χ2n) is 8.20. The number of carbonyl (C=O) groups is 2. The fourth-order valence-corrected chi connectivity index (χ4v) is 4.13. The van der Waals surface area contributed by atoms with Crippen molar-refractivity contribution in [3.05, 3.63) is 95.1 Å². The summed E-state index contributed by atoms with van der Waals surface area (Å²) in [5.41, 5.74) is 3.39. The number of likely N-dealkylation sites (tertiary alicyclic amines) is 1. The fourth-order valence-electron chi connectivity index (χ4n) is 4.13. The molecular weight excluding hydrogens is 400 g/mol. The van der Waals surface area contributed by atoms with Crippen molar-refractivity contribution in [3.8, 4) is 0 Å². The van der Waals surface area contributed by atoms with Crippen molar-refractivity contribution in [2.24, 2.45) is 0 Å². The van der Waals surface area contributed by atoms with E-state index in [1.807, 2.05) is 72.5 Å². The van der Waals surface area contributed by atoms with Crippen molar-refractivity contribution in [3.63, 3.8) is 0 Å². The lowest BCUT2D eigenvalue weighted by molar-refractivity contribution is -0.131. The van der Waals surface area contributed by atoms with Gasteiger partial charge in [0.2, 0.25) is 5.91 Å². The minimum absolute atomic E-state index is 0.134. The lowest BCUT2D eigenvalue weighted by Gasteiger charge is -2.32. The standard InChI is InChI=1S/C26H28N4O2/c1-19-27-18-23(26(32)28-17-21-10-6-3-7-11-21)25(29-19)22-12-14-30(15-13-22)24(31)16-20-8-4-2-5-9-20/h2-11,18,22H,12-17H2,1H3,(H,28,32). The first-order chi connectivity index (χ1) is 15.6. The minimum atomic E-state index is -0.161. The predicted octanol–water partition coefficient (Wildman–Crippen LogP) is 3.66. The van der Waals surface area contributed by atoms with E-state index in [1.54, 1.807) is 6.20 Å². The van der Waals surface area contributed by atoms with E-state index < -0.39 is 0 Å². The summed E-state index contributed by atoms with van der Waals surface area (Å²) in [4.78, 5) is 36.4. The Hall–Kier alpha value is -3.54. The summed E-state index contributed by atoms with van der Waals surface area (Å²) in [5, 5.41) is 2.99. The van der Waals surface area contributed by atoms with E-state index in [4.69, 9.17) is 0 Å². The molecule has 0 atom stereocenters. The Morgan fingerprint density at radius 1 is 0.969 bits per heavy atom. The van der Waals surface area contributed by atoms with Gasteiger partial charge in [-0.2, -0.15) is 0 Å². The van der Waals surface area contributed by atoms with Gasteiger partial charge in [-0.3, -0.25) is 9.59 Å². The van der Waals surface area contributed by atoms with E-state index >= 15 is 0 Å². The number of nitrogens with one attached hydrogen (secondary N) is 1. The molecule has 164 valence electrons. The summed E-state index contributed by atoms with van der Waals surface area (Å²) < 4.78 is 0. The summed E-state index contributed by atoms with van der Waals surface area (Å²) in [6.45, 7) is 3.64. The topological polar surface area (TPSA) is 75.2 Å². The lowest BCUT2D eigenvalue weighted by atomic mass is 9.90. The molecule has 1 N–H and O–H groups in total. The molecule has 0 radical (unpaired) electrons. The quantitative estimate of drug-likeness (QED) is 0.650. The van der Waals surface area contributed by atoms with Gasteiger partial charge in [0.05, 0.1) is 17.7 Å². The second-order valence-corrected chi connectivity index (χ2v) is 8.20. The first kappa shape index (κ1) is 21.7. The molecule has 3 aromatic rings. The maximum Gasteiger partial charge on any atom is 0.254 e. The van der Waals surface area contributed by atoms with Gasteiger partial charge in [0, 0.05) is 31.7 Å². The zero-order chi connectivity index (χ0) is 22.3. The van der Waals surface area contributed by atoms with Gasteiger partial charge in [0.15, 0.2) is 0 Å². The zero-order valence-electron chi connectivity index (χ0n) is 18.3. The molecule has 2 aromatic carbocycles. The van der Waals surface area contributed by atoms with E-state index in [0.29, 0.717) is 37.4 Å². The van der Waals surface area contributed by atoms with Crippen LogP contribution in [0.1, 0.15) is 51.8 Å². The SMILES string of the molecule is Cc1ncc(C(=O)NCc2ccccc2)c(C2CCN(C(=O)Cc3ccccc3)CC2)n1. The van der Waals surface area contributed by atoms with Crippen LogP contribution in [0.4, 0.5) is 0 Å². The van der Waals surface area contributed by atoms with Crippen LogP contribution in [-0.4, -0.2) is 39.8 Å². The highest BCUT2D eigenvalue weighted by molar-refractivity contribution is 5.95. The first-order valence-electron chi connectivity index (χ1n) is 11.1. The summed E-state index contributed by atoms with van der Waals surface area (Å²) in [7, 11) is 0. The predicted molar refractivity (Wildman–Crippen MR) is 123 cm³/mol. The number of carbonyl (C=O) groups excluding carboxylic acids is 2. The van der Waals surface area contributed by atoms with Gasteiger partial charge < -0.3 is 10.2 Å². The second kappa shape index (κ2) is 10.2.